The Balaban J connectivity index is -0.0000000853. The largest absolute Gasteiger partial charge is 0.325 e. The molecule has 0 aromatic heterocycles. The third-order valence-corrected chi connectivity index (χ3v) is 0. The van der Waals surface area contributed by atoms with Gasteiger partial charge >= 0.3 is 26.9 Å². The molecule has 0 saturated heterocycles. The Morgan fingerprint density at radius 1 is 0.300 bits per heavy atom. The van der Waals surface area contributed by atoms with Crippen molar-refractivity contribution in [2.24, 2.45) is 0 Å². The lowest BCUT2D eigenvalue weighted by atomic mass is 15.8. The molecule has 20 heavy (non-hydrogen) atoms. The van der Waals surface area contributed by atoms with E-state index in [0.717, 1.165) is 0 Å². The number of hydrogen-bond donors (Lipinski definition) is 12. The van der Waals surface area contributed by atoms with Crippen molar-refractivity contribution in [3.8, 4) is 0 Å². The van der Waals surface area contributed by atoms with Crippen molar-refractivity contribution < 1.29 is 58.7 Å². The van der Waals surface area contributed by atoms with Crippen molar-refractivity contribution in [2.45, 2.75) is 0 Å². The first-order chi connectivity index (χ1) is 8.00. The van der Waals surface area contributed by atoms with Gasteiger partial charge in [0.2, 0.25) is 0 Å². The van der Waals surface area contributed by atoms with Gasteiger partial charge in [-0.1, -0.05) is 0 Å². The van der Waals surface area contributed by atoms with Crippen LogP contribution in [0.1, 0.15) is 0 Å². The highest BCUT2D eigenvalue weighted by molar-refractivity contribution is 8.07. The van der Waals surface area contributed by atoms with Crippen LogP contribution in [-0.4, -0.2) is 58.7 Å². The van der Waals surface area contributed by atoms with E-state index in [1.165, 1.54) is 0 Å². The Kier molecular flexibility index (Phi) is 18.8. The molecule has 128 valence electrons. The quantitative estimate of drug-likeness (QED) is 0.160. The maximum Gasteiger partial charge on any atom is 0.319 e. The SMILES string of the molecule is OP(O)(O)=S.OP(O)(O)=S.OP(O)(O)=S.OP(O)(O)=S. The predicted molar refractivity (Wildman–Crippen MR) is 83.8 cm³/mol. The average Bonchev–Trinajstić information content (AvgIpc) is 1.62. The molecule has 0 atom stereocenters. The molecule has 0 fully saturated rings. The summed E-state index contributed by atoms with van der Waals surface area (Å²) < 4.78 is 0. The summed E-state index contributed by atoms with van der Waals surface area (Å²) in [6.07, 6.45) is 0. The molecule has 0 spiro atoms. The minimum atomic E-state index is -3.81. The average molecular weight is 456 g/mol. The Bertz CT molecular complexity index is 292. The second-order valence-electron chi connectivity index (χ2n) is 2.05. The van der Waals surface area contributed by atoms with Crippen LogP contribution in [0.25, 0.3) is 0 Å². The van der Waals surface area contributed by atoms with E-state index in [1.54, 1.807) is 0 Å². The van der Waals surface area contributed by atoms with Crippen LogP contribution in [0.3, 0.4) is 0 Å². The van der Waals surface area contributed by atoms with E-state index >= 15 is 0 Å². The van der Waals surface area contributed by atoms with E-state index in [2.05, 4.69) is 47.2 Å². The number of hydrogen-bond acceptors (Lipinski definition) is 4. The molecule has 0 aromatic rings. The summed E-state index contributed by atoms with van der Waals surface area (Å²) in [5.74, 6) is 0. The van der Waals surface area contributed by atoms with Crippen LogP contribution in [-0.2, 0) is 47.2 Å². The van der Waals surface area contributed by atoms with Gasteiger partial charge in [-0.3, -0.25) is 0 Å². The van der Waals surface area contributed by atoms with Crippen LogP contribution in [0.4, 0.5) is 0 Å². The summed E-state index contributed by atoms with van der Waals surface area (Å²) in [7, 11) is 0. The fourth-order valence-electron chi connectivity index (χ4n) is 0. The fraction of sp³-hybridized carbons (Fsp3) is 0. The van der Waals surface area contributed by atoms with Gasteiger partial charge in [0.05, 0.1) is 0 Å². The summed E-state index contributed by atoms with van der Waals surface area (Å²) in [5, 5.41) is 0. The monoisotopic (exact) mass is 456 g/mol. The zero-order valence-electron chi connectivity index (χ0n) is 8.79. The summed E-state index contributed by atoms with van der Waals surface area (Å²) in [4.78, 5) is 90.7. The topological polar surface area (TPSA) is 243 Å². The lowest BCUT2D eigenvalue weighted by molar-refractivity contribution is 0.361. The highest BCUT2D eigenvalue weighted by Crippen LogP contribution is 2.27. The van der Waals surface area contributed by atoms with Crippen molar-refractivity contribution in [1.29, 1.82) is 0 Å². The highest BCUT2D eigenvalue weighted by Gasteiger charge is 1.93. The van der Waals surface area contributed by atoms with Crippen molar-refractivity contribution in [3.63, 3.8) is 0 Å². The van der Waals surface area contributed by atoms with Crippen LogP contribution >= 0.6 is 26.9 Å². The molecular formula is H12O12P4S4. The van der Waals surface area contributed by atoms with Crippen molar-refractivity contribution in [3.05, 3.63) is 0 Å². The molecule has 0 radical (unpaired) electrons. The van der Waals surface area contributed by atoms with Gasteiger partial charge in [-0.15, -0.1) is 0 Å². The first kappa shape index (κ1) is 30.1. The molecule has 0 unspecified atom stereocenters. The van der Waals surface area contributed by atoms with E-state index in [1.807, 2.05) is 0 Å². The third kappa shape index (κ3) is 1640. The molecule has 0 aliphatic carbocycles. The van der Waals surface area contributed by atoms with Gasteiger partial charge in [-0.05, 0) is 47.2 Å². The Morgan fingerprint density at radius 3 is 0.300 bits per heavy atom. The Hall–Kier alpha value is 2.12. The first-order valence-electron chi connectivity index (χ1n) is 3.13. The zero-order valence-corrected chi connectivity index (χ0v) is 15.6. The summed E-state index contributed by atoms with van der Waals surface area (Å²) in [6.45, 7) is -15.2. The van der Waals surface area contributed by atoms with Gasteiger partial charge in [-0.25, -0.2) is 0 Å². The van der Waals surface area contributed by atoms with E-state index in [-0.39, 0.29) is 0 Å². The second-order valence-corrected chi connectivity index (χ2v) is 12.0. The van der Waals surface area contributed by atoms with Crippen molar-refractivity contribution >= 4 is 74.1 Å². The maximum absolute atomic E-state index is 7.56. The predicted octanol–water partition coefficient (Wildman–Crippen LogP) is -3.25. The van der Waals surface area contributed by atoms with Crippen molar-refractivity contribution in [2.75, 3.05) is 0 Å². The van der Waals surface area contributed by atoms with Gasteiger partial charge in [0.25, 0.3) is 0 Å². The van der Waals surface area contributed by atoms with Gasteiger partial charge in [-0.2, -0.15) is 0 Å². The van der Waals surface area contributed by atoms with E-state index in [4.69, 9.17) is 58.7 Å². The molecule has 20 heteroatoms. The molecule has 0 aliphatic heterocycles. The smallest absolute Gasteiger partial charge is 0.319 e. The summed E-state index contributed by atoms with van der Waals surface area (Å²) >= 11 is 14.4. The van der Waals surface area contributed by atoms with Crippen LogP contribution in [0.5, 0.6) is 0 Å². The second kappa shape index (κ2) is 12.5. The minimum absolute atomic E-state index is 3.60. The molecule has 0 aliphatic rings. The molecule has 0 saturated carbocycles. The molecule has 0 bridgehead atoms. The van der Waals surface area contributed by atoms with Gasteiger partial charge in [0.15, 0.2) is 0 Å². The van der Waals surface area contributed by atoms with E-state index in [9.17, 15) is 0 Å². The van der Waals surface area contributed by atoms with Gasteiger partial charge in [0.1, 0.15) is 0 Å². The van der Waals surface area contributed by atoms with Gasteiger partial charge in [0, 0.05) is 0 Å². The van der Waals surface area contributed by atoms with E-state index in [0.29, 0.717) is 0 Å². The molecular weight excluding hydrogens is 444 g/mol. The molecule has 0 aromatic carbocycles. The lowest BCUT2D eigenvalue weighted by Gasteiger charge is -1.88. The highest BCUT2D eigenvalue weighted by atomic mass is 32.5. The fourth-order valence-corrected chi connectivity index (χ4v) is 0. The van der Waals surface area contributed by atoms with Crippen LogP contribution in [0.2, 0.25) is 0 Å². The molecule has 0 rings (SSSR count). The van der Waals surface area contributed by atoms with Crippen LogP contribution < -0.4 is 0 Å². The first-order valence-corrected chi connectivity index (χ1v) is 13.8. The zero-order chi connectivity index (χ0) is 18.0. The van der Waals surface area contributed by atoms with Gasteiger partial charge < -0.3 is 58.7 Å². The molecule has 0 heterocycles. The standard InChI is InChI=1S/4H3O3PS/c4*1-4(2,3)5/h4*(H3,1,2,3,5). The third-order valence-electron chi connectivity index (χ3n) is 0. The summed E-state index contributed by atoms with van der Waals surface area (Å²) in [5.41, 5.74) is 0. The maximum atomic E-state index is 7.56. The lowest BCUT2D eigenvalue weighted by Crippen LogP contribution is -1.65. The van der Waals surface area contributed by atoms with E-state index < -0.39 is 26.9 Å². The molecule has 12 nitrogen and oxygen atoms in total. The normalized spacial score (nSPS) is 11.8. The molecule has 12 N–H and O–H groups in total. The Labute approximate surface area is 132 Å². The van der Waals surface area contributed by atoms with Crippen LogP contribution in [0, 0.1) is 0 Å². The summed E-state index contributed by atoms with van der Waals surface area (Å²) in [6, 6.07) is 0. The van der Waals surface area contributed by atoms with Crippen molar-refractivity contribution in [1.82, 2.24) is 0 Å². The number of rotatable bonds is 0. The van der Waals surface area contributed by atoms with Crippen LogP contribution in [0.15, 0.2) is 0 Å². The Morgan fingerprint density at radius 2 is 0.300 bits per heavy atom. The minimum Gasteiger partial charge on any atom is -0.325 e. The molecule has 0 amide bonds.